The highest BCUT2D eigenvalue weighted by atomic mass is 32.3. The van der Waals surface area contributed by atoms with Gasteiger partial charge in [-0.1, -0.05) is 12.1 Å². The zero-order valence-corrected chi connectivity index (χ0v) is 12.2. The van der Waals surface area contributed by atoms with Crippen LogP contribution in [0.15, 0.2) is 35.2 Å². The van der Waals surface area contributed by atoms with E-state index >= 15 is 0 Å². The van der Waals surface area contributed by atoms with E-state index in [1.165, 1.54) is 25.3 Å². The molecule has 0 spiro atoms. The van der Waals surface area contributed by atoms with Gasteiger partial charge in [0.25, 0.3) is 10.1 Å². The van der Waals surface area contributed by atoms with Gasteiger partial charge in [-0.15, -0.1) is 0 Å². The minimum atomic E-state index is -4.87. The van der Waals surface area contributed by atoms with Crippen LogP contribution in [0.3, 0.4) is 0 Å². The molecule has 0 radical (unpaired) electrons. The van der Waals surface area contributed by atoms with Gasteiger partial charge in [0.2, 0.25) is 0 Å². The molecule has 0 atom stereocenters. The van der Waals surface area contributed by atoms with E-state index < -0.39 is 31.2 Å². The molecule has 0 aliphatic carbocycles. The van der Waals surface area contributed by atoms with Crippen LogP contribution in [0.4, 0.5) is 0 Å². The van der Waals surface area contributed by atoms with Crippen LogP contribution >= 0.6 is 0 Å². The second-order valence-corrected chi connectivity index (χ2v) is 6.34. The van der Waals surface area contributed by atoms with Crippen LogP contribution in [-0.4, -0.2) is 33.1 Å². The number of rotatable bonds is 4. The maximum atomic E-state index is 11.4. The Bertz CT molecular complexity index is 899. The third-order valence-corrected chi connectivity index (χ3v) is 3.90. The van der Waals surface area contributed by atoms with Gasteiger partial charge in [-0.25, -0.2) is 0 Å². The molecule has 0 amide bonds. The van der Waals surface area contributed by atoms with Crippen molar-refractivity contribution in [2.24, 2.45) is 0 Å². The average molecular weight is 334 g/mol. The smallest absolute Gasteiger partial charge is 0.446 e. The fourth-order valence-corrected chi connectivity index (χ4v) is 2.97. The zero-order valence-electron chi connectivity index (χ0n) is 10.5. The normalized spacial score (nSPS) is 12.3. The van der Waals surface area contributed by atoms with Gasteiger partial charge < -0.3 is 8.92 Å². The number of hydrogen-bond donors (Lipinski definition) is 2. The number of hydrogen-bond acceptors (Lipinski definition) is 6. The van der Waals surface area contributed by atoms with E-state index in [0.29, 0.717) is 0 Å². The monoisotopic (exact) mass is 334 g/mol. The van der Waals surface area contributed by atoms with Crippen LogP contribution in [-0.2, 0) is 20.5 Å². The van der Waals surface area contributed by atoms with E-state index in [4.69, 9.17) is 9.29 Å². The highest BCUT2D eigenvalue weighted by Crippen LogP contribution is 2.37. The molecule has 0 aliphatic heterocycles. The largest absolute Gasteiger partial charge is 0.496 e. The Kier molecular flexibility index (Phi) is 3.80. The molecule has 0 aliphatic rings. The molecule has 0 saturated heterocycles. The zero-order chi connectivity index (χ0) is 15.8. The summed E-state index contributed by atoms with van der Waals surface area (Å²) in [5, 5.41) is -0.0363. The minimum absolute atomic E-state index is 0.189. The minimum Gasteiger partial charge on any atom is -0.496 e. The van der Waals surface area contributed by atoms with Crippen LogP contribution in [0, 0.1) is 0 Å². The molecule has 8 nitrogen and oxygen atoms in total. The van der Waals surface area contributed by atoms with E-state index in [9.17, 15) is 21.4 Å². The first-order valence-corrected chi connectivity index (χ1v) is 8.18. The molecule has 0 saturated carbocycles. The molecule has 0 fully saturated rings. The van der Waals surface area contributed by atoms with Crippen LogP contribution in [0.25, 0.3) is 10.8 Å². The number of methoxy groups -OCH3 is 1. The van der Waals surface area contributed by atoms with Crippen molar-refractivity contribution < 1.29 is 34.9 Å². The van der Waals surface area contributed by atoms with Crippen molar-refractivity contribution in [1.82, 2.24) is 0 Å². The first kappa shape index (κ1) is 15.5. The molecule has 0 aromatic heterocycles. The summed E-state index contributed by atoms with van der Waals surface area (Å²) in [5.41, 5.74) is 0. The van der Waals surface area contributed by atoms with Crippen molar-refractivity contribution in [3.05, 3.63) is 30.3 Å². The van der Waals surface area contributed by atoms with Crippen LogP contribution < -0.4 is 8.92 Å². The lowest BCUT2D eigenvalue weighted by Gasteiger charge is -2.12. The lowest BCUT2D eigenvalue weighted by atomic mass is 10.1. The molecule has 10 heteroatoms. The van der Waals surface area contributed by atoms with Crippen molar-refractivity contribution in [1.29, 1.82) is 0 Å². The fraction of sp³-hybridized carbons (Fsp3) is 0.0909. The SMILES string of the molecule is COc1ccc(S(=O)(=O)O)c2c(OS(=O)(=O)O)cccc12. The first-order chi connectivity index (χ1) is 9.63. The summed E-state index contributed by atoms with van der Waals surface area (Å²) in [7, 11) is -8.18. The molecule has 21 heavy (non-hydrogen) atoms. The summed E-state index contributed by atoms with van der Waals surface area (Å²) >= 11 is 0. The van der Waals surface area contributed by atoms with Crippen molar-refractivity contribution in [2.75, 3.05) is 7.11 Å². The van der Waals surface area contributed by atoms with Gasteiger partial charge in [0.05, 0.1) is 12.5 Å². The number of fused-ring (bicyclic) bond motifs is 1. The maximum Gasteiger partial charge on any atom is 0.446 e. The standard InChI is InChI=1S/C11H10O8S2/c1-18-8-5-6-10(20(12,13)14)11-7(8)3-2-4-9(11)19-21(15,16)17/h2-6H,1H3,(H,12,13,14)(H,15,16,17). The van der Waals surface area contributed by atoms with Crippen molar-refractivity contribution in [2.45, 2.75) is 4.90 Å². The number of benzene rings is 2. The highest BCUT2D eigenvalue weighted by molar-refractivity contribution is 7.86. The Morgan fingerprint density at radius 2 is 1.62 bits per heavy atom. The molecule has 2 N–H and O–H groups in total. The molecule has 0 bridgehead atoms. The Morgan fingerprint density at radius 1 is 0.952 bits per heavy atom. The van der Waals surface area contributed by atoms with E-state index in [1.807, 2.05) is 0 Å². The quantitative estimate of drug-likeness (QED) is 0.800. The van der Waals surface area contributed by atoms with Gasteiger partial charge in [0.15, 0.2) is 5.75 Å². The van der Waals surface area contributed by atoms with Crippen molar-refractivity contribution in [3.8, 4) is 11.5 Å². The Balaban J connectivity index is 2.94. The van der Waals surface area contributed by atoms with Gasteiger partial charge in [-0.3, -0.25) is 9.11 Å². The van der Waals surface area contributed by atoms with Crippen LogP contribution in [0.5, 0.6) is 11.5 Å². The lowest BCUT2D eigenvalue weighted by Crippen LogP contribution is -2.08. The lowest BCUT2D eigenvalue weighted by molar-refractivity contribution is 0.387. The summed E-state index contributed by atoms with van der Waals surface area (Å²) in [5.74, 6) is -0.222. The van der Waals surface area contributed by atoms with Crippen LogP contribution in [0.2, 0.25) is 0 Å². The molecule has 2 rings (SSSR count). The third kappa shape index (κ3) is 3.24. The van der Waals surface area contributed by atoms with Gasteiger partial charge >= 0.3 is 10.4 Å². The highest BCUT2D eigenvalue weighted by Gasteiger charge is 2.21. The predicted molar refractivity (Wildman–Crippen MR) is 72.5 cm³/mol. The summed E-state index contributed by atoms with van der Waals surface area (Å²) in [6.07, 6.45) is 0. The number of ether oxygens (including phenoxy) is 1. The van der Waals surface area contributed by atoms with Gasteiger partial charge in [0, 0.05) is 5.39 Å². The Hall–Kier alpha value is -1.88. The maximum absolute atomic E-state index is 11.4. The summed E-state index contributed by atoms with van der Waals surface area (Å²) in [4.78, 5) is -0.572. The topological polar surface area (TPSA) is 127 Å². The molecule has 114 valence electrons. The second kappa shape index (κ2) is 5.15. The summed E-state index contributed by atoms with van der Waals surface area (Å²) < 4.78 is 71.9. The summed E-state index contributed by atoms with van der Waals surface area (Å²) in [6, 6.07) is 6.28. The molecule has 2 aromatic carbocycles. The second-order valence-electron chi connectivity index (χ2n) is 3.93. The molecule has 0 heterocycles. The van der Waals surface area contributed by atoms with E-state index in [1.54, 1.807) is 0 Å². The predicted octanol–water partition coefficient (Wildman–Crippen LogP) is 1.28. The van der Waals surface area contributed by atoms with Crippen LogP contribution in [0.1, 0.15) is 0 Å². The first-order valence-electron chi connectivity index (χ1n) is 5.37. The van der Waals surface area contributed by atoms with E-state index in [-0.39, 0.29) is 16.5 Å². The van der Waals surface area contributed by atoms with Crippen molar-refractivity contribution in [3.63, 3.8) is 0 Å². The molecular weight excluding hydrogens is 324 g/mol. The molecular formula is C11H10O8S2. The Labute approximate surface area is 120 Å². The van der Waals surface area contributed by atoms with Gasteiger partial charge in [-0.05, 0) is 18.2 Å². The van der Waals surface area contributed by atoms with Gasteiger partial charge in [0.1, 0.15) is 10.6 Å². The molecule has 2 aromatic rings. The van der Waals surface area contributed by atoms with Gasteiger partial charge in [-0.2, -0.15) is 16.8 Å². The Morgan fingerprint density at radius 3 is 2.14 bits per heavy atom. The molecule has 0 unspecified atom stereocenters. The van der Waals surface area contributed by atoms with E-state index in [0.717, 1.165) is 12.1 Å². The fourth-order valence-electron chi connectivity index (χ4n) is 1.89. The average Bonchev–Trinajstić information content (AvgIpc) is 2.34. The summed E-state index contributed by atoms with van der Waals surface area (Å²) in [6.45, 7) is 0. The van der Waals surface area contributed by atoms with E-state index in [2.05, 4.69) is 4.18 Å². The third-order valence-electron chi connectivity index (χ3n) is 2.62. The van der Waals surface area contributed by atoms with Crippen molar-refractivity contribution >= 4 is 31.3 Å².